The van der Waals surface area contributed by atoms with Crippen LogP contribution >= 0.6 is 0 Å². The van der Waals surface area contributed by atoms with Crippen LogP contribution in [0.5, 0.6) is 5.75 Å². The molecule has 1 saturated heterocycles. The minimum Gasteiger partial charge on any atom is -0.452 e. The van der Waals surface area contributed by atoms with Gasteiger partial charge in [0.25, 0.3) is 0 Å². The number of carbonyl (C=O) groups is 3. The van der Waals surface area contributed by atoms with Gasteiger partial charge >= 0.3 is 18.2 Å². The number of nitrogens with zero attached hydrogens (tertiary/aromatic N) is 2. The minimum absolute atomic E-state index is 0.236. The average Bonchev–Trinajstić information content (AvgIpc) is 3.09. The van der Waals surface area contributed by atoms with Gasteiger partial charge in [0.2, 0.25) is 0 Å². The lowest BCUT2D eigenvalue weighted by molar-refractivity contribution is -0.134. The van der Waals surface area contributed by atoms with E-state index in [1.165, 1.54) is 11.7 Å². The highest BCUT2D eigenvalue weighted by Crippen LogP contribution is 2.36. The van der Waals surface area contributed by atoms with Crippen LogP contribution in [0.3, 0.4) is 0 Å². The number of benzene rings is 1. The molecule has 1 aromatic carbocycles. The number of fused-ring (bicyclic) bond motifs is 1. The van der Waals surface area contributed by atoms with Gasteiger partial charge in [0.05, 0.1) is 18.3 Å². The largest absolute Gasteiger partial charge is 0.452 e. The molecule has 8 nitrogen and oxygen atoms in total. The normalized spacial score (nSPS) is 14.9. The van der Waals surface area contributed by atoms with Crippen molar-refractivity contribution < 1.29 is 28.6 Å². The Morgan fingerprint density at radius 3 is 2.33 bits per heavy atom. The van der Waals surface area contributed by atoms with E-state index in [0.717, 1.165) is 19.3 Å². The second-order valence-electron chi connectivity index (χ2n) is 9.38. The maximum absolute atomic E-state index is 12.6. The fourth-order valence-electron chi connectivity index (χ4n) is 4.16. The van der Waals surface area contributed by atoms with Gasteiger partial charge in [-0.1, -0.05) is 19.1 Å². The zero-order valence-corrected chi connectivity index (χ0v) is 20.2. The van der Waals surface area contributed by atoms with Crippen molar-refractivity contribution in [1.82, 2.24) is 9.47 Å². The molecule has 1 fully saturated rings. The Balaban J connectivity index is 1.77. The fraction of sp³-hybridized carbons (Fsp3) is 0.560. The van der Waals surface area contributed by atoms with Crippen LogP contribution in [-0.4, -0.2) is 53.4 Å². The lowest BCUT2D eigenvalue weighted by atomic mass is 9.91. The van der Waals surface area contributed by atoms with Crippen LogP contribution in [0, 0.1) is 5.92 Å². The summed E-state index contributed by atoms with van der Waals surface area (Å²) in [5.74, 6) is 0.450. The highest BCUT2D eigenvalue weighted by Gasteiger charge is 2.29. The van der Waals surface area contributed by atoms with Gasteiger partial charge < -0.3 is 19.1 Å². The van der Waals surface area contributed by atoms with Gasteiger partial charge in [-0.05, 0) is 64.5 Å². The number of esters is 1. The molecule has 0 aliphatic carbocycles. The van der Waals surface area contributed by atoms with E-state index in [2.05, 4.69) is 0 Å². The van der Waals surface area contributed by atoms with Gasteiger partial charge in [-0.2, -0.15) is 0 Å². The maximum Gasteiger partial charge on any atom is 0.418 e. The van der Waals surface area contributed by atoms with Crippen molar-refractivity contribution in [3.8, 4) is 5.75 Å². The number of aromatic nitrogens is 1. The van der Waals surface area contributed by atoms with Gasteiger partial charge in [0, 0.05) is 24.9 Å². The van der Waals surface area contributed by atoms with Crippen molar-refractivity contribution in [2.24, 2.45) is 5.92 Å². The molecule has 0 atom stereocenters. The van der Waals surface area contributed by atoms with E-state index in [1.807, 2.05) is 45.0 Å². The van der Waals surface area contributed by atoms with Crippen LogP contribution in [0.25, 0.3) is 10.9 Å². The molecule has 8 heteroatoms. The number of piperidine rings is 1. The standard InChI is InChI=1S/C25H34N2O6/c1-6-21(28)32-22-18-9-7-8-10-19(18)27(24(30)31-5)20(22)12-11-17-13-15-26(16-14-17)23(29)33-25(2,3)4/h7-10,17H,6,11-16H2,1-5H3. The summed E-state index contributed by atoms with van der Waals surface area (Å²) >= 11 is 0. The predicted molar refractivity (Wildman–Crippen MR) is 125 cm³/mol. The Kier molecular flexibility index (Phi) is 7.66. The maximum atomic E-state index is 12.6. The van der Waals surface area contributed by atoms with Crippen molar-refractivity contribution in [1.29, 1.82) is 0 Å². The highest BCUT2D eigenvalue weighted by molar-refractivity contribution is 5.97. The van der Waals surface area contributed by atoms with E-state index in [1.54, 1.807) is 11.8 Å². The zero-order valence-electron chi connectivity index (χ0n) is 20.2. The second kappa shape index (κ2) is 10.3. The quantitative estimate of drug-likeness (QED) is 0.576. The summed E-state index contributed by atoms with van der Waals surface area (Å²) in [6, 6.07) is 7.35. The Labute approximate surface area is 194 Å². The molecule has 1 amide bonds. The number of methoxy groups -OCH3 is 1. The van der Waals surface area contributed by atoms with Gasteiger partial charge in [-0.15, -0.1) is 0 Å². The molecule has 0 spiro atoms. The molecule has 33 heavy (non-hydrogen) atoms. The zero-order chi connectivity index (χ0) is 24.2. The van der Waals surface area contributed by atoms with E-state index in [9.17, 15) is 14.4 Å². The van der Waals surface area contributed by atoms with Crippen molar-refractivity contribution >= 4 is 29.1 Å². The molecule has 2 aromatic rings. The second-order valence-corrected chi connectivity index (χ2v) is 9.38. The third kappa shape index (κ3) is 5.86. The molecule has 1 aromatic heterocycles. The molecule has 1 aliphatic rings. The summed E-state index contributed by atoms with van der Waals surface area (Å²) < 4.78 is 17.7. The molecule has 0 N–H and O–H groups in total. The first kappa shape index (κ1) is 24.6. The number of likely N-dealkylation sites (tertiary alicyclic amines) is 1. The van der Waals surface area contributed by atoms with Gasteiger partial charge in [-0.3, -0.25) is 4.79 Å². The van der Waals surface area contributed by atoms with Crippen molar-refractivity contribution in [3.63, 3.8) is 0 Å². The molecular weight excluding hydrogens is 424 g/mol. The first-order valence-electron chi connectivity index (χ1n) is 11.5. The lowest BCUT2D eigenvalue weighted by Crippen LogP contribution is -2.41. The third-order valence-electron chi connectivity index (χ3n) is 5.84. The fourth-order valence-corrected chi connectivity index (χ4v) is 4.16. The number of hydrogen-bond acceptors (Lipinski definition) is 6. The summed E-state index contributed by atoms with van der Waals surface area (Å²) in [7, 11) is 1.34. The minimum atomic E-state index is -0.514. The lowest BCUT2D eigenvalue weighted by Gasteiger charge is -2.33. The van der Waals surface area contributed by atoms with Crippen LogP contribution in [0.1, 0.15) is 59.1 Å². The molecular formula is C25H34N2O6. The van der Waals surface area contributed by atoms with Crippen LogP contribution in [0.15, 0.2) is 24.3 Å². The molecule has 2 heterocycles. The Bertz CT molecular complexity index is 1010. The van der Waals surface area contributed by atoms with E-state index in [-0.39, 0.29) is 18.5 Å². The van der Waals surface area contributed by atoms with E-state index in [0.29, 0.717) is 47.8 Å². The summed E-state index contributed by atoms with van der Waals surface area (Å²) in [5, 5.41) is 0.708. The van der Waals surface area contributed by atoms with Crippen LogP contribution < -0.4 is 4.74 Å². The van der Waals surface area contributed by atoms with Crippen molar-refractivity contribution in [2.45, 2.75) is 65.4 Å². The Morgan fingerprint density at radius 1 is 1.06 bits per heavy atom. The SMILES string of the molecule is CCC(=O)Oc1c(CCC2CCN(C(=O)OC(C)(C)C)CC2)n(C(=O)OC)c2ccccc12. The number of amides is 1. The predicted octanol–water partition coefficient (Wildman–Crippen LogP) is 5.15. The highest BCUT2D eigenvalue weighted by atomic mass is 16.6. The summed E-state index contributed by atoms with van der Waals surface area (Å²) in [6.07, 6.45) is 2.49. The molecule has 3 rings (SSSR count). The smallest absolute Gasteiger partial charge is 0.418 e. The van der Waals surface area contributed by atoms with Crippen LogP contribution in [0.2, 0.25) is 0 Å². The van der Waals surface area contributed by atoms with Gasteiger partial charge in [0.1, 0.15) is 5.60 Å². The van der Waals surface area contributed by atoms with E-state index >= 15 is 0 Å². The number of ether oxygens (including phenoxy) is 3. The van der Waals surface area contributed by atoms with Gasteiger partial charge in [-0.25, -0.2) is 14.2 Å². The monoisotopic (exact) mass is 458 g/mol. The molecule has 0 bridgehead atoms. The first-order chi connectivity index (χ1) is 15.6. The molecule has 0 saturated carbocycles. The molecule has 0 radical (unpaired) electrons. The summed E-state index contributed by atoms with van der Waals surface area (Å²) in [4.78, 5) is 38.9. The topological polar surface area (TPSA) is 87.1 Å². The molecule has 0 unspecified atom stereocenters. The van der Waals surface area contributed by atoms with E-state index in [4.69, 9.17) is 14.2 Å². The van der Waals surface area contributed by atoms with Gasteiger partial charge in [0.15, 0.2) is 5.75 Å². The number of hydrogen-bond donors (Lipinski definition) is 0. The van der Waals surface area contributed by atoms with Crippen LogP contribution in [0.4, 0.5) is 9.59 Å². The third-order valence-corrected chi connectivity index (χ3v) is 5.84. The van der Waals surface area contributed by atoms with E-state index < -0.39 is 11.7 Å². The average molecular weight is 459 g/mol. The van der Waals surface area contributed by atoms with Crippen molar-refractivity contribution in [3.05, 3.63) is 30.0 Å². The molecule has 180 valence electrons. The number of rotatable bonds is 5. The summed E-state index contributed by atoms with van der Waals surface area (Å²) in [5.41, 5.74) is 0.777. The van der Waals surface area contributed by atoms with Crippen molar-refractivity contribution in [2.75, 3.05) is 20.2 Å². The summed E-state index contributed by atoms with van der Waals surface area (Å²) in [6.45, 7) is 8.59. The Hall–Kier alpha value is -3.03. The van der Waals surface area contributed by atoms with Crippen LogP contribution in [-0.2, 0) is 20.7 Å². The Morgan fingerprint density at radius 2 is 1.73 bits per heavy atom. The number of para-hydroxylation sites is 1. The number of carbonyl (C=O) groups excluding carboxylic acids is 3. The first-order valence-corrected chi connectivity index (χ1v) is 11.5. The molecule has 1 aliphatic heterocycles.